The van der Waals surface area contributed by atoms with Crippen molar-refractivity contribution in [1.82, 2.24) is 14.9 Å². The van der Waals surface area contributed by atoms with Gasteiger partial charge in [-0.05, 0) is 20.3 Å². The zero-order valence-corrected chi connectivity index (χ0v) is 19.8. The van der Waals surface area contributed by atoms with Gasteiger partial charge in [0, 0.05) is 37.2 Å². The molecular weight excluding hydrogens is 471 g/mol. The van der Waals surface area contributed by atoms with E-state index in [1.807, 2.05) is 18.7 Å². The van der Waals surface area contributed by atoms with Gasteiger partial charge >= 0.3 is 0 Å². The molecule has 0 aromatic rings. The highest BCUT2D eigenvalue weighted by molar-refractivity contribution is 14.0. The van der Waals surface area contributed by atoms with E-state index in [2.05, 4.69) is 29.5 Å². The first kappa shape index (κ1) is 25.3. The van der Waals surface area contributed by atoms with Crippen LogP contribution in [0.4, 0.5) is 0 Å². The minimum atomic E-state index is -3.18. The van der Waals surface area contributed by atoms with Crippen LogP contribution in [0.25, 0.3) is 0 Å². The SMILES string of the molecule is CCCCCC(C)NC(=NCCS(=O)(=O)N1CCSCC1)NCC.I. The van der Waals surface area contributed by atoms with Crippen LogP contribution in [0.2, 0.25) is 0 Å². The molecule has 0 spiro atoms. The molecule has 0 aliphatic carbocycles. The molecule has 1 unspecified atom stereocenters. The molecule has 0 aromatic heterocycles. The van der Waals surface area contributed by atoms with E-state index < -0.39 is 10.0 Å². The number of nitrogens with one attached hydrogen (secondary N) is 2. The van der Waals surface area contributed by atoms with E-state index in [1.54, 1.807) is 4.31 Å². The van der Waals surface area contributed by atoms with Gasteiger partial charge in [0.25, 0.3) is 0 Å². The summed E-state index contributed by atoms with van der Waals surface area (Å²) in [7, 11) is -3.18. The van der Waals surface area contributed by atoms with Crippen LogP contribution in [0.3, 0.4) is 0 Å². The number of rotatable bonds is 10. The molecule has 1 atom stereocenters. The van der Waals surface area contributed by atoms with Gasteiger partial charge in [0.15, 0.2) is 5.96 Å². The molecule has 2 N–H and O–H groups in total. The fraction of sp³-hybridized carbons (Fsp3) is 0.938. The van der Waals surface area contributed by atoms with Crippen molar-refractivity contribution in [2.24, 2.45) is 4.99 Å². The van der Waals surface area contributed by atoms with Crippen molar-refractivity contribution in [3.05, 3.63) is 0 Å². The number of guanidine groups is 1. The topological polar surface area (TPSA) is 73.8 Å². The molecular formula is C16H35IN4O2S2. The number of halogens is 1. The largest absolute Gasteiger partial charge is 0.357 e. The van der Waals surface area contributed by atoms with Crippen molar-refractivity contribution in [2.75, 3.05) is 43.4 Å². The number of aliphatic imine (C=N–C) groups is 1. The summed E-state index contributed by atoms with van der Waals surface area (Å²) in [6, 6.07) is 0.338. The monoisotopic (exact) mass is 506 g/mol. The number of nitrogens with zero attached hydrogens (tertiary/aromatic N) is 2. The smallest absolute Gasteiger partial charge is 0.215 e. The van der Waals surface area contributed by atoms with Gasteiger partial charge in [0.05, 0.1) is 12.3 Å². The van der Waals surface area contributed by atoms with Crippen LogP contribution in [-0.4, -0.2) is 68.2 Å². The highest BCUT2D eigenvalue weighted by Crippen LogP contribution is 2.13. The van der Waals surface area contributed by atoms with Gasteiger partial charge in [-0.2, -0.15) is 11.8 Å². The number of hydrogen-bond acceptors (Lipinski definition) is 4. The van der Waals surface area contributed by atoms with Gasteiger partial charge in [0.2, 0.25) is 10.0 Å². The first-order chi connectivity index (χ1) is 11.5. The Bertz CT molecular complexity index is 469. The van der Waals surface area contributed by atoms with E-state index in [0.717, 1.165) is 24.5 Å². The second-order valence-corrected chi connectivity index (χ2v) is 9.44. The lowest BCUT2D eigenvalue weighted by atomic mass is 10.1. The van der Waals surface area contributed by atoms with Crippen LogP contribution >= 0.6 is 35.7 Å². The van der Waals surface area contributed by atoms with Crippen LogP contribution < -0.4 is 10.6 Å². The maximum absolute atomic E-state index is 12.3. The maximum atomic E-state index is 12.3. The van der Waals surface area contributed by atoms with E-state index in [4.69, 9.17) is 0 Å². The quantitative estimate of drug-likeness (QED) is 0.206. The molecule has 1 fully saturated rings. The fourth-order valence-corrected chi connectivity index (χ4v) is 5.01. The molecule has 0 saturated carbocycles. The highest BCUT2D eigenvalue weighted by atomic mass is 127. The molecule has 1 rings (SSSR count). The second-order valence-electron chi connectivity index (χ2n) is 6.13. The molecule has 0 bridgehead atoms. The standard InChI is InChI=1S/C16H34N4O2S2.HI/c1-4-6-7-8-15(3)19-16(17-5-2)18-9-14-24(21,22)20-10-12-23-13-11-20;/h15H,4-14H2,1-3H3,(H2,17,18,19);1H. The van der Waals surface area contributed by atoms with Crippen molar-refractivity contribution >= 4 is 51.7 Å². The van der Waals surface area contributed by atoms with E-state index in [-0.39, 0.29) is 29.7 Å². The molecule has 1 aliphatic rings. The average molecular weight is 507 g/mol. The summed E-state index contributed by atoms with van der Waals surface area (Å²) in [6.07, 6.45) is 4.76. The van der Waals surface area contributed by atoms with Crippen LogP contribution in [0.15, 0.2) is 4.99 Å². The number of thioether (sulfide) groups is 1. The molecule has 0 radical (unpaired) electrons. The molecule has 1 heterocycles. The first-order valence-electron chi connectivity index (χ1n) is 9.10. The number of sulfonamides is 1. The van der Waals surface area contributed by atoms with E-state index in [9.17, 15) is 8.42 Å². The third-order valence-corrected chi connectivity index (χ3v) is 6.74. The minimum absolute atomic E-state index is 0. The van der Waals surface area contributed by atoms with Crippen molar-refractivity contribution in [2.45, 2.75) is 52.5 Å². The van der Waals surface area contributed by atoms with Gasteiger partial charge in [-0.1, -0.05) is 26.2 Å². The molecule has 1 saturated heterocycles. The molecule has 0 aromatic carbocycles. The normalized spacial score (nSPS) is 17.6. The van der Waals surface area contributed by atoms with Crippen molar-refractivity contribution in [3.8, 4) is 0 Å². The van der Waals surface area contributed by atoms with Gasteiger partial charge < -0.3 is 10.6 Å². The first-order valence-corrected chi connectivity index (χ1v) is 11.9. The molecule has 6 nitrogen and oxygen atoms in total. The fourth-order valence-electron chi connectivity index (χ4n) is 2.55. The van der Waals surface area contributed by atoms with Crippen LogP contribution in [0.5, 0.6) is 0 Å². The van der Waals surface area contributed by atoms with Crippen molar-refractivity contribution < 1.29 is 8.42 Å². The van der Waals surface area contributed by atoms with Gasteiger partial charge in [0.1, 0.15) is 0 Å². The Labute approximate surface area is 175 Å². The molecule has 25 heavy (non-hydrogen) atoms. The average Bonchev–Trinajstić information content (AvgIpc) is 2.56. The van der Waals surface area contributed by atoms with E-state index in [1.165, 1.54) is 19.3 Å². The Morgan fingerprint density at radius 2 is 1.92 bits per heavy atom. The minimum Gasteiger partial charge on any atom is -0.357 e. The predicted molar refractivity (Wildman–Crippen MR) is 121 cm³/mol. The lowest BCUT2D eigenvalue weighted by molar-refractivity contribution is 0.444. The van der Waals surface area contributed by atoms with Crippen LogP contribution in [-0.2, 0) is 10.0 Å². The maximum Gasteiger partial charge on any atom is 0.215 e. The third-order valence-electron chi connectivity index (χ3n) is 3.95. The third kappa shape index (κ3) is 10.9. The van der Waals surface area contributed by atoms with E-state index in [0.29, 0.717) is 31.6 Å². The van der Waals surface area contributed by atoms with Gasteiger partial charge in [-0.25, -0.2) is 12.7 Å². The van der Waals surface area contributed by atoms with Gasteiger partial charge in [-0.15, -0.1) is 24.0 Å². The molecule has 150 valence electrons. The highest BCUT2D eigenvalue weighted by Gasteiger charge is 2.23. The Balaban J connectivity index is 0.00000576. The summed E-state index contributed by atoms with van der Waals surface area (Å²) < 4.78 is 26.3. The Hall–Kier alpha value is 0.260. The Morgan fingerprint density at radius 1 is 1.24 bits per heavy atom. The van der Waals surface area contributed by atoms with Crippen LogP contribution in [0, 0.1) is 0 Å². The molecule has 0 amide bonds. The van der Waals surface area contributed by atoms with Crippen molar-refractivity contribution in [3.63, 3.8) is 0 Å². The zero-order valence-electron chi connectivity index (χ0n) is 15.8. The lowest BCUT2D eigenvalue weighted by Crippen LogP contribution is -2.43. The predicted octanol–water partition coefficient (Wildman–Crippen LogP) is 2.51. The van der Waals surface area contributed by atoms with Gasteiger partial charge in [-0.3, -0.25) is 4.99 Å². The molecule has 9 heteroatoms. The van der Waals surface area contributed by atoms with Crippen molar-refractivity contribution in [1.29, 1.82) is 0 Å². The zero-order chi connectivity index (χ0) is 17.8. The Kier molecular flexibility index (Phi) is 14.5. The summed E-state index contributed by atoms with van der Waals surface area (Å²) in [5, 5.41) is 6.57. The molecule has 1 aliphatic heterocycles. The van der Waals surface area contributed by atoms with E-state index >= 15 is 0 Å². The summed E-state index contributed by atoms with van der Waals surface area (Å²) in [5.74, 6) is 2.58. The second kappa shape index (κ2) is 14.3. The summed E-state index contributed by atoms with van der Waals surface area (Å²) in [5.41, 5.74) is 0. The lowest BCUT2D eigenvalue weighted by Gasteiger charge is -2.25. The summed E-state index contributed by atoms with van der Waals surface area (Å²) in [6.45, 7) is 8.68. The number of hydrogen-bond donors (Lipinski definition) is 2. The number of unbranched alkanes of at least 4 members (excludes halogenated alkanes) is 2. The Morgan fingerprint density at radius 3 is 2.52 bits per heavy atom. The van der Waals surface area contributed by atoms with Crippen LogP contribution in [0.1, 0.15) is 46.5 Å². The summed E-state index contributed by atoms with van der Waals surface area (Å²) in [4.78, 5) is 4.45. The summed E-state index contributed by atoms with van der Waals surface area (Å²) >= 11 is 1.81.